The Kier molecular flexibility index (Phi) is 12.1. The van der Waals surface area contributed by atoms with E-state index < -0.39 is 0 Å². The fraction of sp³-hybridized carbons (Fsp3) is 0.931. The van der Waals surface area contributed by atoms with E-state index in [0.29, 0.717) is 5.41 Å². The van der Waals surface area contributed by atoms with Gasteiger partial charge in [0, 0.05) is 5.41 Å². The monoisotopic (exact) mass is 420 g/mol. The molecule has 0 aromatic heterocycles. The number of ether oxygens (including phenoxy) is 1. The summed E-state index contributed by atoms with van der Waals surface area (Å²) in [5.74, 6) is 1.37. The van der Waals surface area contributed by atoms with Gasteiger partial charge in [-0.25, -0.2) is 0 Å². The molecule has 1 aliphatic carbocycles. The Hall–Kier alpha value is -0.460. The number of unbranched alkanes of at least 4 members (excludes halogenated alkanes) is 9. The smallest absolute Gasteiger partial charge is 0.102 e. The molecule has 1 nitrogen and oxygen atoms in total. The highest BCUT2D eigenvalue weighted by Crippen LogP contribution is 2.55. The van der Waals surface area contributed by atoms with Crippen molar-refractivity contribution >= 4 is 0 Å². The summed E-state index contributed by atoms with van der Waals surface area (Å²) >= 11 is 0. The molecule has 0 spiro atoms. The maximum Gasteiger partial charge on any atom is 0.102 e. The van der Waals surface area contributed by atoms with E-state index in [4.69, 9.17) is 4.74 Å². The third kappa shape index (κ3) is 8.96. The standard InChI is InChI=1S/C29H56O/c1-9-11-12-13-14-15-16-17-18-19-23-30-26(25-21-20-22-25)29(8,27(3,4)5)24-28(6,7)10-2/h9-24H2,1-8H3. The zero-order valence-corrected chi connectivity index (χ0v) is 22.2. The molecule has 0 amide bonds. The summed E-state index contributed by atoms with van der Waals surface area (Å²) in [6, 6.07) is 0. The maximum absolute atomic E-state index is 6.68. The zero-order valence-electron chi connectivity index (χ0n) is 22.2. The summed E-state index contributed by atoms with van der Waals surface area (Å²) < 4.78 is 6.68. The van der Waals surface area contributed by atoms with Crippen LogP contribution in [0.25, 0.3) is 0 Å². The van der Waals surface area contributed by atoms with Gasteiger partial charge in [-0.2, -0.15) is 0 Å². The summed E-state index contributed by atoms with van der Waals surface area (Å²) in [6.07, 6.45) is 20.1. The van der Waals surface area contributed by atoms with Crippen molar-refractivity contribution in [2.45, 2.75) is 152 Å². The summed E-state index contributed by atoms with van der Waals surface area (Å²) in [5, 5.41) is 0. The molecule has 0 aromatic rings. The molecule has 0 bridgehead atoms. The van der Waals surface area contributed by atoms with E-state index in [1.807, 2.05) is 0 Å². The van der Waals surface area contributed by atoms with Gasteiger partial charge in [-0.3, -0.25) is 0 Å². The number of hydrogen-bond donors (Lipinski definition) is 0. The van der Waals surface area contributed by atoms with Crippen molar-refractivity contribution in [1.29, 1.82) is 0 Å². The van der Waals surface area contributed by atoms with E-state index in [0.717, 1.165) is 6.61 Å². The van der Waals surface area contributed by atoms with E-state index >= 15 is 0 Å². The van der Waals surface area contributed by atoms with E-state index in [1.54, 1.807) is 5.57 Å². The molecule has 1 unspecified atom stereocenters. The highest BCUT2D eigenvalue weighted by molar-refractivity contribution is 5.24. The Morgan fingerprint density at radius 2 is 1.23 bits per heavy atom. The summed E-state index contributed by atoms with van der Waals surface area (Å²) in [6.45, 7) is 20.2. The van der Waals surface area contributed by atoms with Crippen LogP contribution in [0.3, 0.4) is 0 Å². The lowest BCUT2D eigenvalue weighted by Crippen LogP contribution is -2.40. The molecule has 0 aromatic carbocycles. The van der Waals surface area contributed by atoms with Crippen LogP contribution in [0.5, 0.6) is 0 Å². The molecular weight excluding hydrogens is 364 g/mol. The van der Waals surface area contributed by atoms with Crippen LogP contribution < -0.4 is 0 Å². The molecule has 1 saturated carbocycles. The molecule has 1 fully saturated rings. The third-order valence-electron chi connectivity index (χ3n) is 7.97. The van der Waals surface area contributed by atoms with Gasteiger partial charge in [0.05, 0.1) is 6.61 Å². The summed E-state index contributed by atoms with van der Waals surface area (Å²) in [4.78, 5) is 0. The van der Waals surface area contributed by atoms with Gasteiger partial charge in [0.1, 0.15) is 5.76 Å². The van der Waals surface area contributed by atoms with Gasteiger partial charge in [-0.05, 0) is 48.5 Å². The second-order valence-electron chi connectivity index (χ2n) is 12.1. The predicted molar refractivity (Wildman–Crippen MR) is 135 cm³/mol. The molecular formula is C29H56O. The fourth-order valence-corrected chi connectivity index (χ4v) is 4.76. The Bertz CT molecular complexity index is 487. The topological polar surface area (TPSA) is 9.23 Å². The van der Waals surface area contributed by atoms with Crippen molar-refractivity contribution < 1.29 is 4.74 Å². The summed E-state index contributed by atoms with van der Waals surface area (Å²) in [7, 11) is 0. The lowest BCUT2D eigenvalue weighted by atomic mass is 9.58. The van der Waals surface area contributed by atoms with Crippen molar-refractivity contribution in [3.8, 4) is 0 Å². The minimum Gasteiger partial charge on any atom is -0.497 e. The van der Waals surface area contributed by atoms with Crippen molar-refractivity contribution in [2.24, 2.45) is 16.2 Å². The second kappa shape index (κ2) is 13.2. The zero-order chi connectivity index (χ0) is 22.7. The van der Waals surface area contributed by atoms with Gasteiger partial charge in [0.15, 0.2) is 0 Å². The molecule has 0 saturated heterocycles. The average molecular weight is 421 g/mol. The lowest BCUT2D eigenvalue weighted by molar-refractivity contribution is 0.0101. The first-order chi connectivity index (χ1) is 14.1. The molecule has 1 heteroatoms. The average Bonchev–Trinajstić information content (AvgIpc) is 2.62. The molecule has 1 atom stereocenters. The Morgan fingerprint density at radius 3 is 1.63 bits per heavy atom. The number of allylic oxidation sites excluding steroid dienone is 2. The van der Waals surface area contributed by atoms with Crippen LogP contribution >= 0.6 is 0 Å². The van der Waals surface area contributed by atoms with Gasteiger partial charge in [-0.1, -0.05) is 120 Å². The molecule has 1 rings (SSSR count). The number of rotatable bonds is 16. The largest absolute Gasteiger partial charge is 0.497 e. The third-order valence-corrected chi connectivity index (χ3v) is 7.97. The van der Waals surface area contributed by atoms with Gasteiger partial charge in [0.25, 0.3) is 0 Å². The molecule has 1 aliphatic rings. The predicted octanol–water partition coefficient (Wildman–Crippen LogP) is 10.2. The van der Waals surface area contributed by atoms with Crippen molar-refractivity contribution in [3.05, 3.63) is 11.3 Å². The van der Waals surface area contributed by atoms with Crippen LogP contribution in [0, 0.1) is 16.2 Å². The van der Waals surface area contributed by atoms with Gasteiger partial charge >= 0.3 is 0 Å². The van der Waals surface area contributed by atoms with Crippen molar-refractivity contribution in [2.75, 3.05) is 6.61 Å². The first-order valence-corrected chi connectivity index (χ1v) is 13.4. The highest BCUT2D eigenvalue weighted by Gasteiger charge is 2.46. The van der Waals surface area contributed by atoms with E-state index in [-0.39, 0.29) is 10.8 Å². The van der Waals surface area contributed by atoms with Crippen LogP contribution in [0.2, 0.25) is 0 Å². The second-order valence-corrected chi connectivity index (χ2v) is 12.1. The van der Waals surface area contributed by atoms with Gasteiger partial charge < -0.3 is 4.74 Å². The van der Waals surface area contributed by atoms with E-state index in [1.165, 1.54) is 102 Å². The molecule has 0 aliphatic heterocycles. The lowest BCUT2D eigenvalue weighted by Gasteiger charge is -2.49. The fourth-order valence-electron chi connectivity index (χ4n) is 4.76. The molecule has 0 radical (unpaired) electrons. The number of hydrogen-bond acceptors (Lipinski definition) is 1. The van der Waals surface area contributed by atoms with Gasteiger partial charge in [0.2, 0.25) is 0 Å². The normalized spacial score (nSPS) is 16.9. The van der Waals surface area contributed by atoms with Crippen LogP contribution in [0.1, 0.15) is 152 Å². The Labute approximate surface area is 190 Å². The van der Waals surface area contributed by atoms with Crippen molar-refractivity contribution in [3.63, 3.8) is 0 Å². The maximum atomic E-state index is 6.68. The first-order valence-electron chi connectivity index (χ1n) is 13.4. The molecule has 0 heterocycles. The Morgan fingerprint density at radius 1 is 0.733 bits per heavy atom. The molecule has 30 heavy (non-hydrogen) atoms. The minimum atomic E-state index is 0.112. The van der Waals surface area contributed by atoms with Crippen LogP contribution in [0.15, 0.2) is 11.3 Å². The van der Waals surface area contributed by atoms with Gasteiger partial charge in [-0.15, -0.1) is 0 Å². The van der Waals surface area contributed by atoms with E-state index in [2.05, 4.69) is 55.4 Å². The summed E-state index contributed by atoms with van der Waals surface area (Å²) in [5.41, 5.74) is 2.28. The SMILES string of the molecule is CCCCCCCCCCCCOC(=C1CCC1)C(C)(CC(C)(C)CC)C(C)(C)C. The molecule has 0 N–H and O–H groups in total. The van der Waals surface area contributed by atoms with Crippen molar-refractivity contribution in [1.82, 2.24) is 0 Å². The molecule has 178 valence electrons. The Balaban J connectivity index is 2.54. The first kappa shape index (κ1) is 27.6. The minimum absolute atomic E-state index is 0.112. The highest BCUT2D eigenvalue weighted by atomic mass is 16.5. The van der Waals surface area contributed by atoms with Crippen LogP contribution in [-0.2, 0) is 4.74 Å². The van der Waals surface area contributed by atoms with Crippen LogP contribution in [0.4, 0.5) is 0 Å². The van der Waals surface area contributed by atoms with E-state index in [9.17, 15) is 0 Å². The quantitative estimate of drug-likeness (QED) is 0.178. The van der Waals surface area contributed by atoms with Crippen LogP contribution in [-0.4, -0.2) is 6.61 Å².